The molecule has 1 aliphatic heterocycles. The third-order valence-corrected chi connectivity index (χ3v) is 3.19. The molecule has 0 fully saturated rings. The van der Waals surface area contributed by atoms with Gasteiger partial charge in [-0.1, -0.05) is 6.07 Å². The highest BCUT2D eigenvalue weighted by atomic mass is 16.1. The molecule has 6 heteroatoms. The first-order valence-corrected chi connectivity index (χ1v) is 6.63. The Morgan fingerprint density at radius 2 is 2.00 bits per heavy atom. The lowest BCUT2D eigenvalue weighted by Gasteiger charge is -2.08. The number of aliphatic imine (C=N–C) groups is 1. The molecule has 1 aliphatic rings. The van der Waals surface area contributed by atoms with E-state index in [9.17, 15) is 9.59 Å². The van der Waals surface area contributed by atoms with Crippen molar-refractivity contribution in [2.75, 3.05) is 0 Å². The summed E-state index contributed by atoms with van der Waals surface area (Å²) in [7, 11) is 0. The van der Waals surface area contributed by atoms with Gasteiger partial charge in [0.15, 0.2) is 0 Å². The number of carbonyl (C=O) groups excluding carboxylic acids is 2. The van der Waals surface area contributed by atoms with Gasteiger partial charge in [0, 0.05) is 41.3 Å². The van der Waals surface area contributed by atoms with Crippen LogP contribution in [0.2, 0.25) is 0 Å². The van der Waals surface area contributed by atoms with Crippen LogP contribution in [-0.2, 0) is 4.79 Å². The minimum Gasteiger partial charge on any atom is -0.366 e. The maximum Gasteiger partial charge on any atom is 0.248 e. The third-order valence-electron chi connectivity index (χ3n) is 3.19. The van der Waals surface area contributed by atoms with Crippen LogP contribution < -0.4 is 17.2 Å². The normalized spacial score (nSPS) is 15.3. The highest BCUT2D eigenvalue weighted by Gasteiger charge is 2.17. The zero-order valence-corrected chi connectivity index (χ0v) is 11.8. The number of nitrogens with zero attached hydrogens (tertiary/aromatic N) is 1. The minimum atomic E-state index is -0.523. The average Bonchev–Trinajstić information content (AvgIpc) is 2.55. The summed E-state index contributed by atoms with van der Waals surface area (Å²) in [5.41, 5.74) is 19.4. The maximum atomic E-state index is 11.5. The van der Waals surface area contributed by atoms with Crippen molar-refractivity contribution in [3.8, 4) is 0 Å². The molecule has 6 nitrogen and oxygen atoms in total. The Morgan fingerprint density at radius 3 is 2.57 bits per heavy atom. The van der Waals surface area contributed by atoms with Crippen LogP contribution in [-0.4, -0.2) is 23.6 Å². The summed E-state index contributed by atoms with van der Waals surface area (Å²) >= 11 is 0. The third kappa shape index (κ3) is 3.55. The SMILES string of the molecule is CC(N)CC1=Nc2cc(C(N)=O)ccc2C=C(C(N)=O)C1. The molecule has 1 unspecified atom stereocenters. The van der Waals surface area contributed by atoms with E-state index < -0.39 is 11.8 Å². The van der Waals surface area contributed by atoms with Crippen LogP contribution in [0.3, 0.4) is 0 Å². The number of amides is 2. The van der Waals surface area contributed by atoms with Crippen LogP contribution in [0.1, 0.15) is 35.7 Å². The first-order chi connectivity index (χ1) is 9.86. The summed E-state index contributed by atoms with van der Waals surface area (Å²) in [6.07, 6.45) is 2.60. The molecule has 2 amide bonds. The summed E-state index contributed by atoms with van der Waals surface area (Å²) in [5, 5.41) is 0. The van der Waals surface area contributed by atoms with Crippen molar-refractivity contribution >= 4 is 29.3 Å². The largest absolute Gasteiger partial charge is 0.366 e. The van der Waals surface area contributed by atoms with E-state index in [0.29, 0.717) is 29.7 Å². The lowest BCUT2D eigenvalue weighted by atomic mass is 10.0. The molecule has 0 radical (unpaired) electrons. The summed E-state index contributed by atoms with van der Waals surface area (Å²) < 4.78 is 0. The number of primary amides is 2. The zero-order valence-electron chi connectivity index (χ0n) is 11.8. The van der Waals surface area contributed by atoms with Crippen LogP contribution in [0.4, 0.5) is 5.69 Å². The molecular formula is C15H18N4O2. The number of hydrogen-bond donors (Lipinski definition) is 3. The predicted octanol–water partition coefficient (Wildman–Crippen LogP) is 0.868. The molecule has 0 aliphatic carbocycles. The number of carbonyl (C=O) groups is 2. The number of hydrogen-bond acceptors (Lipinski definition) is 4. The fourth-order valence-corrected chi connectivity index (χ4v) is 2.23. The Morgan fingerprint density at radius 1 is 1.29 bits per heavy atom. The lowest BCUT2D eigenvalue weighted by molar-refractivity contribution is -0.114. The molecule has 1 aromatic rings. The van der Waals surface area contributed by atoms with Crippen LogP contribution in [0.5, 0.6) is 0 Å². The van der Waals surface area contributed by atoms with E-state index in [2.05, 4.69) is 4.99 Å². The molecule has 2 rings (SSSR count). The van der Waals surface area contributed by atoms with E-state index in [-0.39, 0.29) is 6.04 Å². The van der Waals surface area contributed by atoms with Crippen molar-refractivity contribution in [3.05, 3.63) is 34.9 Å². The first-order valence-electron chi connectivity index (χ1n) is 6.63. The Labute approximate surface area is 122 Å². The number of benzene rings is 1. The molecule has 21 heavy (non-hydrogen) atoms. The van der Waals surface area contributed by atoms with E-state index in [1.807, 2.05) is 6.92 Å². The molecule has 110 valence electrons. The van der Waals surface area contributed by atoms with Crippen LogP contribution in [0.25, 0.3) is 6.08 Å². The highest BCUT2D eigenvalue weighted by molar-refractivity contribution is 6.06. The smallest absolute Gasteiger partial charge is 0.248 e. The first kappa shape index (κ1) is 14.9. The minimum absolute atomic E-state index is 0.0845. The zero-order chi connectivity index (χ0) is 15.6. The quantitative estimate of drug-likeness (QED) is 0.760. The molecule has 1 atom stereocenters. The number of nitrogens with two attached hydrogens (primary N) is 3. The molecular weight excluding hydrogens is 268 g/mol. The summed E-state index contributed by atoms with van der Waals surface area (Å²) in [4.78, 5) is 27.3. The van der Waals surface area contributed by atoms with Crippen molar-refractivity contribution in [1.82, 2.24) is 0 Å². The molecule has 6 N–H and O–H groups in total. The van der Waals surface area contributed by atoms with Gasteiger partial charge in [-0.05, 0) is 25.1 Å². The van der Waals surface area contributed by atoms with Gasteiger partial charge in [0.1, 0.15) is 0 Å². The second kappa shape index (κ2) is 5.88. The van der Waals surface area contributed by atoms with Gasteiger partial charge in [0.05, 0.1) is 5.69 Å². The highest BCUT2D eigenvalue weighted by Crippen LogP contribution is 2.29. The molecule has 0 saturated carbocycles. The van der Waals surface area contributed by atoms with Gasteiger partial charge in [-0.2, -0.15) is 0 Å². The Hall–Kier alpha value is -2.47. The standard InChI is InChI=1S/C15H18N4O2/c1-8(16)4-12-6-11(15(18)21)5-9-2-3-10(14(17)20)7-13(9)19-12/h2-3,5,7-8H,4,6,16H2,1H3,(H2,17,20)(H2,18,21). The average molecular weight is 286 g/mol. The molecule has 1 aromatic carbocycles. The van der Waals surface area contributed by atoms with Crippen LogP contribution in [0.15, 0.2) is 28.8 Å². The van der Waals surface area contributed by atoms with Crippen molar-refractivity contribution in [3.63, 3.8) is 0 Å². The van der Waals surface area contributed by atoms with Gasteiger partial charge in [-0.3, -0.25) is 14.6 Å². The van der Waals surface area contributed by atoms with Gasteiger partial charge in [-0.15, -0.1) is 0 Å². The Bertz CT molecular complexity index is 660. The summed E-state index contributed by atoms with van der Waals surface area (Å²) in [5.74, 6) is -1.01. The summed E-state index contributed by atoms with van der Waals surface area (Å²) in [6.45, 7) is 1.86. The van der Waals surface area contributed by atoms with E-state index in [4.69, 9.17) is 17.2 Å². The van der Waals surface area contributed by atoms with Gasteiger partial charge in [-0.25, -0.2) is 0 Å². The fourth-order valence-electron chi connectivity index (χ4n) is 2.23. The van der Waals surface area contributed by atoms with E-state index >= 15 is 0 Å². The second-order valence-corrected chi connectivity index (χ2v) is 5.21. The van der Waals surface area contributed by atoms with Crippen LogP contribution >= 0.6 is 0 Å². The molecule has 0 aromatic heterocycles. The topological polar surface area (TPSA) is 125 Å². The Balaban J connectivity index is 2.54. The molecule has 0 spiro atoms. The van der Waals surface area contributed by atoms with Crippen LogP contribution in [0, 0.1) is 0 Å². The molecule has 0 bridgehead atoms. The Kier molecular flexibility index (Phi) is 4.18. The molecule has 0 saturated heterocycles. The van der Waals surface area contributed by atoms with Crippen molar-refractivity contribution < 1.29 is 9.59 Å². The van der Waals surface area contributed by atoms with Crippen molar-refractivity contribution in [1.29, 1.82) is 0 Å². The van der Waals surface area contributed by atoms with Gasteiger partial charge >= 0.3 is 0 Å². The van der Waals surface area contributed by atoms with E-state index in [1.165, 1.54) is 0 Å². The monoisotopic (exact) mass is 286 g/mol. The van der Waals surface area contributed by atoms with Gasteiger partial charge < -0.3 is 17.2 Å². The van der Waals surface area contributed by atoms with Gasteiger partial charge in [0.2, 0.25) is 11.8 Å². The van der Waals surface area contributed by atoms with E-state index in [1.54, 1.807) is 24.3 Å². The maximum absolute atomic E-state index is 11.5. The predicted molar refractivity (Wildman–Crippen MR) is 82.1 cm³/mol. The van der Waals surface area contributed by atoms with Crippen molar-refractivity contribution in [2.45, 2.75) is 25.8 Å². The fraction of sp³-hybridized carbons (Fsp3) is 0.267. The molecule has 1 heterocycles. The lowest BCUT2D eigenvalue weighted by Crippen LogP contribution is -2.22. The number of rotatable bonds is 4. The number of fused-ring (bicyclic) bond motifs is 1. The second-order valence-electron chi connectivity index (χ2n) is 5.21. The van der Waals surface area contributed by atoms with Crippen molar-refractivity contribution in [2.24, 2.45) is 22.2 Å². The summed E-state index contributed by atoms with van der Waals surface area (Å²) in [6, 6.07) is 4.83. The van der Waals surface area contributed by atoms with Gasteiger partial charge in [0.25, 0.3) is 0 Å². The van der Waals surface area contributed by atoms with E-state index in [0.717, 1.165) is 11.3 Å².